The third-order valence-corrected chi connectivity index (χ3v) is 1.71. The summed E-state index contributed by atoms with van der Waals surface area (Å²) >= 11 is 0. The van der Waals surface area contributed by atoms with E-state index < -0.39 is 22.3 Å². The molecule has 88 valence electrons. The van der Waals surface area contributed by atoms with Gasteiger partial charge in [0.25, 0.3) is 11.3 Å². The van der Waals surface area contributed by atoms with E-state index in [2.05, 4.69) is 24.9 Å². The lowest BCUT2D eigenvalue weighted by atomic mass is 10.4. The number of nitrogens with zero attached hydrogens (tertiary/aromatic N) is 6. The second-order valence-electron chi connectivity index (χ2n) is 2.73. The monoisotopic (exact) mass is 240 g/mol. The highest BCUT2D eigenvalue weighted by Crippen LogP contribution is 2.21. The van der Waals surface area contributed by atoms with Crippen molar-refractivity contribution >= 4 is 11.8 Å². The lowest BCUT2D eigenvalue weighted by Gasteiger charge is -2.01. The van der Waals surface area contributed by atoms with Crippen LogP contribution in [0.15, 0.2) is 4.63 Å². The van der Waals surface area contributed by atoms with Crippen LogP contribution in [0.1, 0.15) is 0 Å². The molecule has 0 bridgehead atoms. The first-order valence-corrected chi connectivity index (χ1v) is 3.98. The molecule has 0 spiro atoms. The fourth-order valence-corrected chi connectivity index (χ4v) is 0.988. The number of rotatable bonds is 2. The summed E-state index contributed by atoms with van der Waals surface area (Å²) in [5.41, 5.74) is 4.21. The summed E-state index contributed by atoms with van der Waals surface area (Å²) in [5.74, 6) is -1.53. The Balaban J connectivity index is 2.65. The van der Waals surface area contributed by atoms with Crippen molar-refractivity contribution < 1.29 is 14.8 Å². The second kappa shape index (κ2) is 3.51. The van der Waals surface area contributed by atoms with Gasteiger partial charge in [-0.2, -0.15) is 9.97 Å². The highest BCUT2D eigenvalue weighted by Gasteiger charge is 2.26. The minimum absolute atomic E-state index is 0.197. The molecule has 0 aliphatic carbocycles. The lowest BCUT2D eigenvalue weighted by Crippen LogP contribution is -2.26. The van der Waals surface area contributed by atoms with Gasteiger partial charge in [-0.05, 0) is 10.1 Å². The molecule has 2 aromatic rings. The van der Waals surface area contributed by atoms with Gasteiger partial charge in [-0.1, -0.05) is 0 Å². The number of aromatic nitrogens is 5. The van der Waals surface area contributed by atoms with Crippen molar-refractivity contribution in [2.75, 3.05) is 5.73 Å². The van der Waals surface area contributed by atoms with E-state index >= 15 is 0 Å². The van der Waals surface area contributed by atoms with Gasteiger partial charge in [0.15, 0.2) is 11.0 Å². The fourth-order valence-electron chi connectivity index (χ4n) is 0.988. The Bertz CT molecular complexity index is 644. The SMILES string of the molecule is N=c1nc(-c2nonc2[N+](=O)[O-])nc(N)n1O. The van der Waals surface area contributed by atoms with E-state index in [1.54, 1.807) is 0 Å². The van der Waals surface area contributed by atoms with Crippen molar-refractivity contribution in [2.24, 2.45) is 0 Å². The second-order valence-corrected chi connectivity index (χ2v) is 2.73. The molecule has 0 unspecified atom stereocenters. The number of hydrogen-bond donors (Lipinski definition) is 3. The van der Waals surface area contributed by atoms with E-state index in [0.29, 0.717) is 0 Å². The van der Waals surface area contributed by atoms with E-state index in [-0.39, 0.29) is 16.2 Å². The third kappa shape index (κ3) is 1.62. The number of hydrogen-bond acceptors (Lipinski definition) is 10. The molecule has 0 aliphatic heterocycles. The van der Waals surface area contributed by atoms with Crippen LogP contribution in [-0.2, 0) is 0 Å². The van der Waals surface area contributed by atoms with Crippen LogP contribution in [0.3, 0.4) is 0 Å². The summed E-state index contributed by atoms with van der Waals surface area (Å²) in [6.07, 6.45) is 0. The molecule has 0 aliphatic rings. The minimum Gasteiger partial charge on any atom is -0.422 e. The van der Waals surface area contributed by atoms with Crippen LogP contribution in [0.25, 0.3) is 11.5 Å². The van der Waals surface area contributed by atoms with Crippen molar-refractivity contribution in [3.8, 4) is 11.5 Å². The third-order valence-electron chi connectivity index (χ3n) is 1.71. The molecule has 0 saturated carbocycles. The van der Waals surface area contributed by atoms with Crippen LogP contribution in [0, 0.1) is 15.5 Å². The summed E-state index contributed by atoms with van der Waals surface area (Å²) in [6, 6.07) is 0. The molecule has 0 amide bonds. The first kappa shape index (κ1) is 10.5. The number of nitro groups is 1. The number of nitrogens with one attached hydrogen (secondary N) is 1. The minimum atomic E-state index is -0.852. The van der Waals surface area contributed by atoms with Gasteiger partial charge in [-0.15, -0.1) is 9.36 Å². The predicted octanol–water partition coefficient (Wildman–Crippen LogP) is -1.46. The molecule has 12 heteroatoms. The van der Waals surface area contributed by atoms with Crippen molar-refractivity contribution in [3.05, 3.63) is 15.7 Å². The highest BCUT2D eigenvalue weighted by atomic mass is 16.6. The molecule has 0 atom stereocenters. The Morgan fingerprint density at radius 2 is 2.18 bits per heavy atom. The quantitative estimate of drug-likeness (QED) is 0.320. The highest BCUT2D eigenvalue weighted by molar-refractivity contribution is 5.58. The molecule has 2 rings (SSSR count). The van der Waals surface area contributed by atoms with E-state index in [1.165, 1.54) is 0 Å². The molecular weight excluding hydrogens is 236 g/mol. The first-order valence-electron chi connectivity index (χ1n) is 3.98. The molecular formula is C5H4N8O4. The predicted molar refractivity (Wildman–Crippen MR) is 47.4 cm³/mol. The van der Waals surface area contributed by atoms with Gasteiger partial charge in [0.05, 0.1) is 0 Å². The number of anilines is 1. The average molecular weight is 240 g/mol. The van der Waals surface area contributed by atoms with Gasteiger partial charge >= 0.3 is 5.82 Å². The molecule has 0 fully saturated rings. The maximum atomic E-state index is 10.5. The van der Waals surface area contributed by atoms with Crippen molar-refractivity contribution in [2.45, 2.75) is 0 Å². The molecule has 0 saturated heterocycles. The maximum Gasteiger partial charge on any atom is 0.445 e. The normalized spacial score (nSPS) is 10.4. The zero-order valence-electron chi connectivity index (χ0n) is 7.93. The number of nitrogens with two attached hydrogens (primary N) is 1. The summed E-state index contributed by atoms with van der Waals surface area (Å²) in [7, 11) is 0. The van der Waals surface area contributed by atoms with Crippen LogP contribution in [0.4, 0.5) is 11.8 Å². The molecule has 17 heavy (non-hydrogen) atoms. The standard InChI is InChI=1S/C5H4N8O4/c6-4-8-2(9-5(7)12(4)14)1-3(13(15)16)11-17-10-1/h14H,(H3,6,7,8,9). The topological polar surface area (TPSA) is 183 Å². The summed E-state index contributed by atoms with van der Waals surface area (Å²) in [4.78, 5) is 16.6. The smallest absolute Gasteiger partial charge is 0.422 e. The molecule has 0 aromatic carbocycles. The van der Waals surface area contributed by atoms with Gasteiger partial charge in [0.2, 0.25) is 5.95 Å². The molecule has 4 N–H and O–H groups in total. The summed E-state index contributed by atoms with van der Waals surface area (Å²) in [6.45, 7) is 0. The zero-order valence-corrected chi connectivity index (χ0v) is 7.93. The molecule has 0 radical (unpaired) electrons. The summed E-state index contributed by atoms with van der Waals surface area (Å²) in [5, 5.41) is 33.1. The lowest BCUT2D eigenvalue weighted by molar-refractivity contribution is -0.390. The Morgan fingerprint density at radius 1 is 1.47 bits per heavy atom. The van der Waals surface area contributed by atoms with Gasteiger partial charge in [-0.25, -0.2) is 0 Å². The average Bonchev–Trinajstić information content (AvgIpc) is 2.74. The van der Waals surface area contributed by atoms with Crippen LogP contribution < -0.4 is 11.4 Å². The van der Waals surface area contributed by atoms with Crippen molar-refractivity contribution in [3.63, 3.8) is 0 Å². The molecule has 2 aromatic heterocycles. The Hall–Kier alpha value is -3.05. The molecule has 12 nitrogen and oxygen atoms in total. The number of nitrogen functional groups attached to an aromatic ring is 1. The van der Waals surface area contributed by atoms with Gasteiger partial charge in [0.1, 0.15) is 0 Å². The van der Waals surface area contributed by atoms with Gasteiger partial charge in [0, 0.05) is 0 Å². The van der Waals surface area contributed by atoms with E-state index in [9.17, 15) is 10.1 Å². The van der Waals surface area contributed by atoms with Crippen LogP contribution in [-0.4, -0.2) is 35.1 Å². The summed E-state index contributed by atoms with van der Waals surface area (Å²) < 4.78 is 4.38. The molecule has 2 heterocycles. The fraction of sp³-hybridized carbons (Fsp3) is 0. The first-order chi connectivity index (χ1) is 8.00. The van der Waals surface area contributed by atoms with Crippen LogP contribution in [0.2, 0.25) is 0 Å². The van der Waals surface area contributed by atoms with Crippen LogP contribution in [0.5, 0.6) is 0 Å². The van der Waals surface area contributed by atoms with E-state index in [4.69, 9.17) is 16.4 Å². The maximum absolute atomic E-state index is 10.5. The van der Waals surface area contributed by atoms with E-state index in [0.717, 1.165) is 0 Å². The van der Waals surface area contributed by atoms with Crippen molar-refractivity contribution in [1.82, 2.24) is 25.0 Å². The van der Waals surface area contributed by atoms with Crippen molar-refractivity contribution in [1.29, 1.82) is 5.41 Å². The van der Waals surface area contributed by atoms with Crippen LogP contribution >= 0.6 is 0 Å². The zero-order chi connectivity index (χ0) is 12.6. The van der Waals surface area contributed by atoms with Gasteiger partial charge < -0.3 is 21.1 Å². The Kier molecular flexibility index (Phi) is 2.16. The Morgan fingerprint density at radius 3 is 2.76 bits per heavy atom. The van der Waals surface area contributed by atoms with Gasteiger partial charge in [-0.3, -0.25) is 5.41 Å². The Labute approximate surface area is 90.9 Å². The van der Waals surface area contributed by atoms with E-state index in [1.807, 2.05) is 0 Å². The largest absolute Gasteiger partial charge is 0.445 e.